The highest BCUT2D eigenvalue weighted by Gasteiger charge is 2.20. The zero-order valence-electron chi connectivity index (χ0n) is 12.5. The van der Waals surface area contributed by atoms with E-state index in [0.717, 1.165) is 27.7 Å². The van der Waals surface area contributed by atoms with Gasteiger partial charge in [0.05, 0.1) is 18.1 Å². The average molecular weight is 305 g/mol. The smallest absolute Gasteiger partial charge is 0.166 e. The SMILES string of the molecule is COc1ccc2nc(SCC(N)C3CCCCC3)[nH]c2c1. The Kier molecular flexibility index (Phi) is 4.70. The zero-order valence-corrected chi connectivity index (χ0v) is 13.3. The number of hydrogen-bond donors (Lipinski definition) is 2. The fourth-order valence-corrected chi connectivity index (χ4v) is 4.00. The Hall–Kier alpha value is -1.20. The quantitative estimate of drug-likeness (QED) is 0.829. The van der Waals surface area contributed by atoms with Crippen LogP contribution in [0.25, 0.3) is 11.0 Å². The number of rotatable bonds is 5. The summed E-state index contributed by atoms with van der Waals surface area (Å²) >= 11 is 1.73. The predicted octanol–water partition coefficient (Wildman–Crippen LogP) is 3.57. The number of aromatic nitrogens is 2. The molecule has 4 nitrogen and oxygen atoms in total. The highest BCUT2D eigenvalue weighted by Crippen LogP contribution is 2.29. The van der Waals surface area contributed by atoms with Gasteiger partial charge in [-0.1, -0.05) is 31.0 Å². The molecule has 0 amide bonds. The van der Waals surface area contributed by atoms with Gasteiger partial charge < -0.3 is 15.5 Å². The van der Waals surface area contributed by atoms with Crippen molar-refractivity contribution in [1.29, 1.82) is 0 Å². The van der Waals surface area contributed by atoms with Crippen LogP contribution >= 0.6 is 11.8 Å². The van der Waals surface area contributed by atoms with Crippen molar-refractivity contribution in [2.45, 2.75) is 43.3 Å². The maximum absolute atomic E-state index is 6.35. The van der Waals surface area contributed by atoms with Gasteiger partial charge in [-0.3, -0.25) is 0 Å². The van der Waals surface area contributed by atoms with E-state index < -0.39 is 0 Å². The van der Waals surface area contributed by atoms with Gasteiger partial charge in [0, 0.05) is 17.9 Å². The van der Waals surface area contributed by atoms with Crippen molar-refractivity contribution < 1.29 is 4.74 Å². The summed E-state index contributed by atoms with van der Waals surface area (Å²) in [6, 6.07) is 6.17. The van der Waals surface area contributed by atoms with Crippen molar-refractivity contribution in [2.24, 2.45) is 11.7 Å². The van der Waals surface area contributed by atoms with Crippen LogP contribution in [0.5, 0.6) is 5.75 Å². The largest absolute Gasteiger partial charge is 0.497 e. The summed E-state index contributed by atoms with van der Waals surface area (Å²) in [5, 5.41) is 0.949. The van der Waals surface area contributed by atoms with E-state index in [1.54, 1.807) is 18.9 Å². The molecule has 0 spiro atoms. The van der Waals surface area contributed by atoms with Gasteiger partial charge in [-0.2, -0.15) is 0 Å². The first-order valence-electron chi connectivity index (χ1n) is 7.68. The van der Waals surface area contributed by atoms with E-state index in [1.165, 1.54) is 32.1 Å². The maximum atomic E-state index is 6.35. The number of H-pyrrole nitrogens is 1. The standard InChI is InChI=1S/C16H23N3OS/c1-20-12-7-8-14-15(9-12)19-16(18-14)21-10-13(17)11-5-3-2-4-6-11/h7-9,11,13H,2-6,10,17H2,1H3,(H,18,19). The number of imidazole rings is 1. The predicted molar refractivity (Wildman–Crippen MR) is 87.9 cm³/mol. The molecule has 0 radical (unpaired) electrons. The Morgan fingerprint density at radius 3 is 2.95 bits per heavy atom. The van der Waals surface area contributed by atoms with Gasteiger partial charge in [-0.15, -0.1) is 0 Å². The second kappa shape index (κ2) is 6.71. The maximum Gasteiger partial charge on any atom is 0.166 e. The Bertz CT molecular complexity index is 592. The first kappa shape index (κ1) is 14.7. The Morgan fingerprint density at radius 1 is 1.38 bits per heavy atom. The molecule has 1 fully saturated rings. The minimum Gasteiger partial charge on any atom is -0.497 e. The summed E-state index contributed by atoms with van der Waals surface area (Å²) < 4.78 is 5.23. The fraction of sp³-hybridized carbons (Fsp3) is 0.562. The highest BCUT2D eigenvalue weighted by molar-refractivity contribution is 7.99. The van der Waals surface area contributed by atoms with Crippen LogP contribution in [0.15, 0.2) is 23.4 Å². The van der Waals surface area contributed by atoms with Crippen LogP contribution in [0.1, 0.15) is 32.1 Å². The van der Waals surface area contributed by atoms with Gasteiger partial charge in [-0.25, -0.2) is 4.98 Å². The van der Waals surface area contributed by atoms with Gasteiger partial charge in [0.1, 0.15) is 5.75 Å². The molecule has 0 bridgehead atoms. The molecule has 114 valence electrons. The third kappa shape index (κ3) is 3.52. The summed E-state index contributed by atoms with van der Waals surface area (Å²) in [6.07, 6.45) is 6.64. The van der Waals surface area contributed by atoms with Crippen LogP contribution in [0, 0.1) is 5.92 Å². The van der Waals surface area contributed by atoms with E-state index in [4.69, 9.17) is 10.5 Å². The fourth-order valence-electron chi connectivity index (χ4n) is 3.03. The van der Waals surface area contributed by atoms with Crippen LogP contribution in [0.2, 0.25) is 0 Å². The first-order valence-corrected chi connectivity index (χ1v) is 8.67. The topological polar surface area (TPSA) is 63.9 Å². The summed E-state index contributed by atoms with van der Waals surface area (Å²) in [6.45, 7) is 0. The van der Waals surface area contributed by atoms with Gasteiger partial charge in [0.15, 0.2) is 5.16 Å². The minimum absolute atomic E-state index is 0.276. The number of aromatic amines is 1. The summed E-state index contributed by atoms with van der Waals surface area (Å²) in [5.74, 6) is 2.47. The molecular formula is C16H23N3OS. The zero-order chi connectivity index (χ0) is 14.7. The van der Waals surface area contributed by atoms with Crippen molar-refractivity contribution in [1.82, 2.24) is 9.97 Å². The van der Waals surface area contributed by atoms with Gasteiger partial charge in [-0.05, 0) is 30.9 Å². The number of methoxy groups -OCH3 is 1. The molecule has 21 heavy (non-hydrogen) atoms. The number of fused-ring (bicyclic) bond motifs is 1. The van der Waals surface area contributed by atoms with E-state index in [-0.39, 0.29) is 6.04 Å². The Labute approximate surface area is 129 Å². The summed E-state index contributed by atoms with van der Waals surface area (Å²) in [5.41, 5.74) is 8.35. The second-order valence-electron chi connectivity index (χ2n) is 5.80. The molecule has 1 aromatic carbocycles. The third-order valence-electron chi connectivity index (χ3n) is 4.34. The molecule has 1 aliphatic carbocycles. The molecule has 3 rings (SSSR count). The van der Waals surface area contributed by atoms with E-state index in [1.807, 2.05) is 18.2 Å². The average Bonchev–Trinajstić information content (AvgIpc) is 2.95. The molecule has 1 aliphatic rings. The number of nitrogens with two attached hydrogens (primary N) is 1. The molecular weight excluding hydrogens is 282 g/mol. The van der Waals surface area contributed by atoms with E-state index in [0.29, 0.717) is 5.92 Å². The lowest BCUT2D eigenvalue weighted by Crippen LogP contribution is -2.33. The van der Waals surface area contributed by atoms with E-state index in [9.17, 15) is 0 Å². The molecule has 1 unspecified atom stereocenters. The van der Waals surface area contributed by atoms with Crippen LogP contribution in [-0.2, 0) is 0 Å². The number of benzene rings is 1. The van der Waals surface area contributed by atoms with Crippen LogP contribution in [-0.4, -0.2) is 28.9 Å². The Morgan fingerprint density at radius 2 is 2.19 bits per heavy atom. The minimum atomic E-state index is 0.276. The van der Waals surface area contributed by atoms with Gasteiger partial charge in [0.25, 0.3) is 0 Å². The molecule has 1 saturated carbocycles. The van der Waals surface area contributed by atoms with Crippen LogP contribution in [0.3, 0.4) is 0 Å². The lowest BCUT2D eigenvalue weighted by atomic mass is 9.85. The van der Waals surface area contributed by atoms with Crippen LogP contribution < -0.4 is 10.5 Å². The van der Waals surface area contributed by atoms with Crippen molar-refractivity contribution in [3.63, 3.8) is 0 Å². The third-order valence-corrected chi connectivity index (χ3v) is 5.35. The molecule has 0 aliphatic heterocycles. The lowest BCUT2D eigenvalue weighted by molar-refractivity contribution is 0.319. The number of thioether (sulfide) groups is 1. The first-order chi connectivity index (χ1) is 10.3. The summed E-state index contributed by atoms with van der Waals surface area (Å²) in [4.78, 5) is 7.95. The van der Waals surface area contributed by atoms with Crippen molar-refractivity contribution in [3.8, 4) is 5.75 Å². The number of nitrogens with one attached hydrogen (secondary N) is 1. The van der Waals surface area contributed by atoms with Crippen molar-refractivity contribution >= 4 is 22.8 Å². The molecule has 5 heteroatoms. The monoisotopic (exact) mass is 305 g/mol. The second-order valence-corrected chi connectivity index (χ2v) is 6.81. The van der Waals surface area contributed by atoms with Gasteiger partial charge >= 0.3 is 0 Å². The summed E-state index contributed by atoms with van der Waals surface area (Å²) in [7, 11) is 1.68. The normalized spacial score (nSPS) is 18.0. The highest BCUT2D eigenvalue weighted by atomic mass is 32.2. The molecule has 2 aromatic rings. The lowest BCUT2D eigenvalue weighted by Gasteiger charge is -2.26. The molecule has 3 N–H and O–H groups in total. The van der Waals surface area contributed by atoms with E-state index in [2.05, 4.69) is 9.97 Å². The molecule has 0 saturated heterocycles. The van der Waals surface area contributed by atoms with Crippen molar-refractivity contribution in [3.05, 3.63) is 18.2 Å². The van der Waals surface area contributed by atoms with Crippen LogP contribution in [0.4, 0.5) is 0 Å². The van der Waals surface area contributed by atoms with E-state index >= 15 is 0 Å². The van der Waals surface area contributed by atoms with Gasteiger partial charge in [0.2, 0.25) is 0 Å². The number of hydrogen-bond acceptors (Lipinski definition) is 4. The molecule has 1 atom stereocenters. The Balaban J connectivity index is 1.62. The van der Waals surface area contributed by atoms with Crippen molar-refractivity contribution in [2.75, 3.05) is 12.9 Å². The molecule has 1 heterocycles. The number of nitrogens with zero attached hydrogens (tertiary/aromatic N) is 1. The number of ether oxygens (including phenoxy) is 1. The molecule has 1 aromatic heterocycles.